The third-order valence-electron chi connectivity index (χ3n) is 7.89. The van der Waals surface area contributed by atoms with Gasteiger partial charge in [-0.1, -0.05) is 48.5 Å². The molecule has 2 atom stereocenters. The second-order valence-corrected chi connectivity index (χ2v) is 9.94. The van der Waals surface area contributed by atoms with E-state index in [1.807, 2.05) is 55.5 Å². The van der Waals surface area contributed by atoms with Crippen LogP contribution in [0.5, 0.6) is 5.75 Å². The number of para-hydroxylation sites is 2. The molecule has 1 unspecified atom stereocenters. The Hall–Kier alpha value is -4.13. The molecule has 0 spiro atoms. The van der Waals surface area contributed by atoms with Crippen LogP contribution in [0, 0.1) is 5.82 Å². The lowest BCUT2D eigenvalue weighted by molar-refractivity contribution is -0.166. The second kappa shape index (κ2) is 8.76. The lowest BCUT2D eigenvalue weighted by atomic mass is 9.76. The first-order valence-electron chi connectivity index (χ1n) is 12.5. The van der Waals surface area contributed by atoms with Crippen LogP contribution in [-0.2, 0) is 21.5 Å². The largest absolute Gasteiger partial charge is 0.496 e. The SMILES string of the molecule is COc1ccccc1C1CN2C(=O)CN(CCc3cccc(F)c3)C(=O)[C@]2(C)c2[nH]c3ccccc3c21. The molecule has 0 saturated carbocycles. The Balaban J connectivity index is 1.45. The van der Waals surface area contributed by atoms with Crippen LogP contribution in [0.15, 0.2) is 72.8 Å². The maximum atomic E-state index is 14.1. The summed E-state index contributed by atoms with van der Waals surface area (Å²) in [5.74, 6) is 0.0419. The summed E-state index contributed by atoms with van der Waals surface area (Å²) < 4.78 is 19.4. The van der Waals surface area contributed by atoms with Gasteiger partial charge in [-0.25, -0.2) is 4.39 Å². The fourth-order valence-electron chi connectivity index (χ4n) is 6.05. The van der Waals surface area contributed by atoms with Crippen molar-refractivity contribution in [1.29, 1.82) is 0 Å². The van der Waals surface area contributed by atoms with Gasteiger partial charge in [0, 0.05) is 35.5 Å². The molecule has 6 rings (SSSR count). The lowest BCUT2D eigenvalue weighted by Crippen LogP contribution is -2.67. The summed E-state index contributed by atoms with van der Waals surface area (Å²) in [5.41, 5.74) is 3.28. The summed E-state index contributed by atoms with van der Waals surface area (Å²) in [7, 11) is 1.65. The number of benzene rings is 3. The standard InChI is InChI=1S/C30H28FN3O3/c1-30-28-27(22-11-3-5-12-24(22)32-28)23(21-10-4-6-13-25(21)37-2)17-34(30)26(35)18-33(29(30)36)15-14-19-8-7-9-20(31)16-19/h3-13,16,23,32H,14-15,17-18H2,1-2H3/t23?,30-/m0/s1. The third-order valence-corrected chi connectivity index (χ3v) is 7.89. The molecule has 3 aromatic carbocycles. The van der Waals surface area contributed by atoms with E-state index < -0.39 is 5.54 Å². The maximum absolute atomic E-state index is 14.1. The van der Waals surface area contributed by atoms with Gasteiger partial charge in [-0.3, -0.25) is 9.59 Å². The van der Waals surface area contributed by atoms with Crippen molar-refractivity contribution in [2.75, 3.05) is 26.7 Å². The molecule has 2 amide bonds. The number of hydrogen-bond donors (Lipinski definition) is 1. The van der Waals surface area contributed by atoms with E-state index in [9.17, 15) is 14.0 Å². The first-order chi connectivity index (χ1) is 17.9. The number of aromatic amines is 1. The number of piperazine rings is 1. The summed E-state index contributed by atoms with van der Waals surface area (Å²) in [6.07, 6.45) is 0.469. The third kappa shape index (κ3) is 3.60. The predicted molar refractivity (Wildman–Crippen MR) is 139 cm³/mol. The summed E-state index contributed by atoms with van der Waals surface area (Å²) >= 11 is 0. The molecule has 188 valence electrons. The zero-order chi connectivity index (χ0) is 25.7. The summed E-state index contributed by atoms with van der Waals surface area (Å²) in [5, 5.41) is 1.03. The van der Waals surface area contributed by atoms with Gasteiger partial charge in [0.15, 0.2) is 5.54 Å². The van der Waals surface area contributed by atoms with E-state index >= 15 is 0 Å². The highest BCUT2D eigenvalue weighted by molar-refractivity contribution is 6.01. The number of fused-ring (bicyclic) bond motifs is 5. The Bertz CT molecular complexity index is 1530. The Kier molecular flexibility index (Phi) is 5.51. The number of aromatic nitrogens is 1. The van der Waals surface area contributed by atoms with Crippen LogP contribution < -0.4 is 4.74 Å². The molecule has 37 heavy (non-hydrogen) atoms. The van der Waals surface area contributed by atoms with Gasteiger partial charge in [0.25, 0.3) is 5.91 Å². The monoisotopic (exact) mass is 497 g/mol. The van der Waals surface area contributed by atoms with E-state index in [-0.39, 0.29) is 30.1 Å². The van der Waals surface area contributed by atoms with Crippen molar-refractivity contribution in [3.8, 4) is 5.75 Å². The topological polar surface area (TPSA) is 65.6 Å². The van der Waals surface area contributed by atoms with Gasteiger partial charge < -0.3 is 19.5 Å². The summed E-state index contributed by atoms with van der Waals surface area (Å²) in [4.78, 5) is 34.6. The fraction of sp³-hybridized carbons (Fsp3) is 0.267. The van der Waals surface area contributed by atoms with Crippen molar-refractivity contribution in [3.05, 3.63) is 101 Å². The number of halogens is 1. The van der Waals surface area contributed by atoms with Crippen LogP contribution in [0.3, 0.4) is 0 Å². The van der Waals surface area contributed by atoms with E-state index in [1.165, 1.54) is 12.1 Å². The minimum atomic E-state index is -1.18. The quantitative estimate of drug-likeness (QED) is 0.439. The highest BCUT2D eigenvalue weighted by Gasteiger charge is 2.56. The maximum Gasteiger partial charge on any atom is 0.254 e. The van der Waals surface area contributed by atoms with Crippen molar-refractivity contribution in [2.45, 2.75) is 24.8 Å². The van der Waals surface area contributed by atoms with E-state index in [1.54, 1.807) is 23.0 Å². The molecule has 1 aromatic heterocycles. The van der Waals surface area contributed by atoms with Crippen LogP contribution >= 0.6 is 0 Å². The second-order valence-electron chi connectivity index (χ2n) is 9.94. The van der Waals surface area contributed by atoms with Gasteiger partial charge in [-0.15, -0.1) is 0 Å². The van der Waals surface area contributed by atoms with Crippen LogP contribution in [0.25, 0.3) is 10.9 Å². The molecule has 1 saturated heterocycles. The van der Waals surface area contributed by atoms with Crippen molar-refractivity contribution in [1.82, 2.24) is 14.8 Å². The highest BCUT2D eigenvalue weighted by Crippen LogP contribution is 2.49. The average Bonchev–Trinajstić information content (AvgIpc) is 3.31. The number of methoxy groups -OCH3 is 1. The molecular weight excluding hydrogens is 469 g/mol. The number of nitrogens with one attached hydrogen (secondary N) is 1. The summed E-state index contributed by atoms with van der Waals surface area (Å²) in [6.45, 7) is 2.54. The van der Waals surface area contributed by atoms with Crippen molar-refractivity contribution >= 4 is 22.7 Å². The molecule has 7 heteroatoms. The molecule has 0 bridgehead atoms. The number of amides is 2. The molecule has 2 aliphatic heterocycles. The number of hydrogen-bond acceptors (Lipinski definition) is 3. The molecule has 2 aliphatic rings. The molecular formula is C30H28FN3O3. The number of carbonyl (C=O) groups excluding carboxylic acids is 2. The van der Waals surface area contributed by atoms with E-state index in [2.05, 4.69) is 11.1 Å². The Labute approximate surface area is 214 Å². The molecule has 1 N–H and O–H groups in total. The Morgan fingerprint density at radius 3 is 2.65 bits per heavy atom. The van der Waals surface area contributed by atoms with Crippen LogP contribution in [0.1, 0.15) is 35.2 Å². The minimum Gasteiger partial charge on any atom is -0.496 e. The summed E-state index contributed by atoms with van der Waals surface area (Å²) in [6, 6.07) is 22.2. The number of rotatable bonds is 5. The van der Waals surface area contributed by atoms with Crippen LogP contribution in [-0.4, -0.2) is 53.3 Å². The van der Waals surface area contributed by atoms with Crippen molar-refractivity contribution in [2.24, 2.45) is 0 Å². The van der Waals surface area contributed by atoms with Crippen molar-refractivity contribution in [3.63, 3.8) is 0 Å². The first kappa shape index (κ1) is 23.3. The lowest BCUT2D eigenvalue weighted by Gasteiger charge is -2.51. The van der Waals surface area contributed by atoms with E-state index in [4.69, 9.17) is 4.74 Å². The molecule has 4 aromatic rings. The Morgan fingerprint density at radius 1 is 1.05 bits per heavy atom. The van der Waals surface area contributed by atoms with Gasteiger partial charge in [0.2, 0.25) is 5.91 Å². The molecule has 0 radical (unpaired) electrons. The normalized spacial score (nSPS) is 21.2. The number of nitrogens with zero attached hydrogens (tertiary/aromatic N) is 2. The molecule has 0 aliphatic carbocycles. The van der Waals surface area contributed by atoms with Crippen molar-refractivity contribution < 1.29 is 18.7 Å². The van der Waals surface area contributed by atoms with Crippen LogP contribution in [0.2, 0.25) is 0 Å². The minimum absolute atomic E-state index is 0.00204. The van der Waals surface area contributed by atoms with Gasteiger partial charge in [-0.05, 0) is 48.7 Å². The van der Waals surface area contributed by atoms with E-state index in [0.29, 0.717) is 19.5 Å². The number of H-pyrrole nitrogens is 1. The number of carbonyl (C=O) groups is 2. The predicted octanol–water partition coefficient (Wildman–Crippen LogP) is 4.59. The van der Waals surface area contributed by atoms with Crippen LogP contribution in [0.4, 0.5) is 4.39 Å². The average molecular weight is 498 g/mol. The van der Waals surface area contributed by atoms with Gasteiger partial charge >= 0.3 is 0 Å². The van der Waals surface area contributed by atoms with Gasteiger partial charge in [-0.2, -0.15) is 0 Å². The highest BCUT2D eigenvalue weighted by atomic mass is 19.1. The molecule has 6 nitrogen and oxygen atoms in total. The molecule has 1 fully saturated rings. The Morgan fingerprint density at radius 2 is 1.84 bits per heavy atom. The zero-order valence-corrected chi connectivity index (χ0v) is 20.8. The smallest absolute Gasteiger partial charge is 0.254 e. The fourth-order valence-corrected chi connectivity index (χ4v) is 6.05. The molecule has 3 heterocycles. The van der Waals surface area contributed by atoms with Gasteiger partial charge in [0.05, 0.1) is 19.3 Å². The first-order valence-corrected chi connectivity index (χ1v) is 12.5. The van der Waals surface area contributed by atoms with E-state index in [0.717, 1.165) is 39.0 Å². The van der Waals surface area contributed by atoms with Gasteiger partial charge in [0.1, 0.15) is 11.6 Å². The zero-order valence-electron chi connectivity index (χ0n) is 20.8. The number of ether oxygens (including phenoxy) is 1.